The molecule has 1 atom stereocenters. The van der Waals surface area contributed by atoms with Crippen molar-refractivity contribution in [1.82, 2.24) is 4.72 Å². The van der Waals surface area contributed by atoms with Crippen LogP contribution in [0.3, 0.4) is 0 Å². The zero-order valence-electron chi connectivity index (χ0n) is 13.4. The first-order valence-corrected chi connectivity index (χ1v) is 9.58. The lowest BCUT2D eigenvalue weighted by Crippen LogP contribution is -2.26. The minimum Gasteiger partial charge on any atom is -0.495 e. The fourth-order valence-corrected chi connectivity index (χ4v) is 4.19. The van der Waals surface area contributed by atoms with E-state index in [1.54, 1.807) is 12.1 Å². The van der Waals surface area contributed by atoms with E-state index in [0.717, 1.165) is 16.0 Å². The smallest absolute Gasteiger partial charge is 0.244 e. The van der Waals surface area contributed by atoms with Crippen molar-refractivity contribution in [3.05, 3.63) is 45.6 Å². The van der Waals surface area contributed by atoms with Gasteiger partial charge < -0.3 is 9.84 Å². The van der Waals surface area contributed by atoms with E-state index in [2.05, 4.69) is 4.72 Å². The van der Waals surface area contributed by atoms with Crippen LogP contribution in [0.5, 0.6) is 5.75 Å². The molecule has 0 amide bonds. The zero-order valence-corrected chi connectivity index (χ0v) is 15.0. The van der Waals surface area contributed by atoms with E-state index in [0.29, 0.717) is 12.2 Å². The van der Waals surface area contributed by atoms with Gasteiger partial charge in [-0.2, -0.15) is 0 Å². The average Bonchev–Trinajstić information content (AvgIpc) is 3.03. The van der Waals surface area contributed by atoms with Gasteiger partial charge in [0.2, 0.25) is 10.0 Å². The summed E-state index contributed by atoms with van der Waals surface area (Å²) in [4.78, 5) is 0.946. The molecular weight excluding hydrogens is 334 g/mol. The molecule has 7 heteroatoms. The van der Waals surface area contributed by atoms with Crippen molar-refractivity contribution in [2.24, 2.45) is 0 Å². The number of nitrogens with one attached hydrogen (secondary N) is 1. The first-order chi connectivity index (χ1) is 10.8. The van der Waals surface area contributed by atoms with Crippen molar-refractivity contribution in [3.8, 4) is 5.75 Å². The number of aliphatic hydroxyl groups is 1. The quantitative estimate of drug-likeness (QED) is 0.801. The van der Waals surface area contributed by atoms with Crippen LogP contribution in [-0.4, -0.2) is 27.2 Å². The molecule has 2 aromatic rings. The Morgan fingerprint density at radius 1 is 1.30 bits per heavy atom. The van der Waals surface area contributed by atoms with Crippen LogP contribution in [0.1, 0.15) is 28.5 Å². The third kappa shape index (κ3) is 4.32. The minimum atomic E-state index is -3.69. The summed E-state index contributed by atoms with van der Waals surface area (Å²) in [5.74, 6) is 0.319. The molecule has 0 saturated heterocycles. The molecule has 1 heterocycles. The topological polar surface area (TPSA) is 75.6 Å². The fourth-order valence-electron chi connectivity index (χ4n) is 2.16. The number of thiophene rings is 1. The maximum atomic E-state index is 12.5. The van der Waals surface area contributed by atoms with Crippen molar-refractivity contribution < 1.29 is 18.3 Å². The van der Waals surface area contributed by atoms with Crippen LogP contribution < -0.4 is 9.46 Å². The second-order valence-corrected chi connectivity index (χ2v) is 8.02. The minimum absolute atomic E-state index is 0.119. The van der Waals surface area contributed by atoms with Gasteiger partial charge in [0.15, 0.2) is 0 Å². The van der Waals surface area contributed by atoms with Crippen LogP contribution in [0.15, 0.2) is 34.5 Å². The molecular formula is C16H21NO4S2. The number of rotatable bonds is 7. The van der Waals surface area contributed by atoms with E-state index < -0.39 is 16.1 Å². The Morgan fingerprint density at radius 2 is 2.00 bits per heavy atom. The fraction of sp³-hybridized carbons (Fsp3) is 0.375. The molecule has 0 aliphatic carbocycles. The highest BCUT2D eigenvalue weighted by atomic mass is 32.2. The molecule has 1 aromatic carbocycles. The van der Waals surface area contributed by atoms with Gasteiger partial charge in [0, 0.05) is 11.4 Å². The molecule has 2 N–H and O–H groups in total. The summed E-state index contributed by atoms with van der Waals surface area (Å²) in [6, 6.07) is 7.00. The highest BCUT2D eigenvalue weighted by Gasteiger charge is 2.21. The second-order valence-electron chi connectivity index (χ2n) is 5.30. The van der Waals surface area contributed by atoms with Gasteiger partial charge in [-0.05, 0) is 55.0 Å². The van der Waals surface area contributed by atoms with E-state index in [1.165, 1.54) is 18.4 Å². The van der Waals surface area contributed by atoms with E-state index in [4.69, 9.17) is 4.74 Å². The highest BCUT2D eigenvalue weighted by molar-refractivity contribution is 7.89. The third-order valence-electron chi connectivity index (χ3n) is 3.65. The molecule has 126 valence electrons. The van der Waals surface area contributed by atoms with Gasteiger partial charge in [-0.1, -0.05) is 6.07 Å². The van der Waals surface area contributed by atoms with Crippen LogP contribution in [0.25, 0.3) is 0 Å². The standard InChI is InChI=1S/C16H21NO4S2/c1-11-9-14(21-3)16(10-12(11)2)23(19,20)17-7-6-13(18)15-5-4-8-22-15/h4-5,8-10,13,17-18H,6-7H2,1-3H3/t13-/m1/s1. The first kappa shape index (κ1) is 17.9. The van der Waals surface area contributed by atoms with Gasteiger partial charge in [0.1, 0.15) is 10.6 Å². The van der Waals surface area contributed by atoms with Gasteiger partial charge in [-0.3, -0.25) is 0 Å². The van der Waals surface area contributed by atoms with Crippen molar-refractivity contribution in [1.29, 1.82) is 0 Å². The third-order valence-corrected chi connectivity index (χ3v) is 6.11. The van der Waals surface area contributed by atoms with Gasteiger partial charge in [0.05, 0.1) is 13.2 Å². The predicted octanol–water partition coefficient (Wildman–Crippen LogP) is 2.78. The molecule has 2 rings (SSSR count). The molecule has 23 heavy (non-hydrogen) atoms. The Morgan fingerprint density at radius 3 is 2.61 bits per heavy atom. The molecule has 1 aromatic heterocycles. The number of hydrogen-bond donors (Lipinski definition) is 2. The van der Waals surface area contributed by atoms with E-state index in [9.17, 15) is 13.5 Å². The van der Waals surface area contributed by atoms with E-state index >= 15 is 0 Å². The van der Waals surface area contributed by atoms with Crippen LogP contribution in [0, 0.1) is 13.8 Å². The number of aryl methyl sites for hydroxylation is 2. The zero-order chi connectivity index (χ0) is 17.0. The summed E-state index contributed by atoms with van der Waals surface area (Å²) in [6.07, 6.45) is -0.355. The molecule has 0 radical (unpaired) electrons. The number of ether oxygens (including phenoxy) is 1. The summed E-state index contributed by atoms with van der Waals surface area (Å²) < 4.78 is 32.7. The highest BCUT2D eigenvalue weighted by Crippen LogP contribution is 2.27. The van der Waals surface area contributed by atoms with Crippen LogP contribution in [-0.2, 0) is 10.0 Å². The monoisotopic (exact) mass is 355 g/mol. The van der Waals surface area contributed by atoms with Crippen molar-refractivity contribution in [2.45, 2.75) is 31.3 Å². The first-order valence-electron chi connectivity index (χ1n) is 7.21. The lowest BCUT2D eigenvalue weighted by Gasteiger charge is -2.14. The van der Waals surface area contributed by atoms with Crippen molar-refractivity contribution in [2.75, 3.05) is 13.7 Å². The van der Waals surface area contributed by atoms with E-state index in [-0.39, 0.29) is 11.4 Å². The number of methoxy groups -OCH3 is 1. The lowest BCUT2D eigenvalue weighted by molar-refractivity contribution is 0.173. The SMILES string of the molecule is COc1cc(C)c(C)cc1S(=O)(=O)NCC[C@@H](O)c1cccs1. The second kappa shape index (κ2) is 7.44. The van der Waals surface area contributed by atoms with Crippen LogP contribution in [0.4, 0.5) is 0 Å². The summed E-state index contributed by atoms with van der Waals surface area (Å²) >= 11 is 1.45. The molecule has 0 fully saturated rings. The van der Waals surface area contributed by atoms with Gasteiger partial charge in [-0.25, -0.2) is 13.1 Å². The summed E-state index contributed by atoms with van der Waals surface area (Å²) in [6.45, 7) is 3.91. The molecule has 0 saturated carbocycles. The Bertz CT molecular complexity index is 755. The summed E-state index contributed by atoms with van der Waals surface area (Å²) in [5.41, 5.74) is 1.85. The number of sulfonamides is 1. The molecule has 5 nitrogen and oxygen atoms in total. The van der Waals surface area contributed by atoms with Crippen molar-refractivity contribution >= 4 is 21.4 Å². The Hall–Kier alpha value is -1.41. The van der Waals surface area contributed by atoms with Gasteiger partial charge in [0.25, 0.3) is 0 Å². The molecule has 0 unspecified atom stereocenters. The number of benzene rings is 1. The Balaban J connectivity index is 2.09. The molecule has 0 aliphatic rings. The van der Waals surface area contributed by atoms with Gasteiger partial charge in [-0.15, -0.1) is 11.3 Å². The van der Waals surface area contributed by atoms with Gasteiger partial charge >= 0.3 is 0 Å². The summed E-state index contributed by atoms with van der Waals surface area (Å²) in [5, 5.41) is 11.9. The normalized spacial score (nSPS) is 13.0. The predicted molar refractivity (Wildman–Crippen MR) is 91.6 cm³/mol. The maximum absolute atomic E-state index is 12.5. The lowest BCUT2D eigenvalue weighted by atomic mass is 10.1. The van der Waals surface area contributed by atoms with Crippen molar-refractivity contribution in [3.63, 3.8) is 0 Å². The van der Waals surface area contributed by atoms with Crippen LogP contribution >= 0.6 is 11.3 Å². The number of aliphatic hydroxyl groups excluding tert-OH is 1. The summed E-state index contributed by atoms with van der Waals surface area (Å²) in [7, 11) is -2.24. The molecule has 0 aliphatic heterocycles. The maximum Gasteiger partial charge on any atom is 0.244 e. The molecule has 0 bridgehead atoms. The van der Waals surface area contributed by atoms with Crippen LogP contribution in [0.2, 0.25) is 0 Å². The molecule has 0 spiro atoms. The Kier molecular flexibility index (Phi) is 5.80. The average molecular weight is 355 g/mol. The Labute approximate surface area is 141 Å². The van der Waals surface area contributed by atoms with E-state index in [1.807, 2.05) is 31.4 Å². The number of hydrogen-bond acceptors (Lipinski definition) is 5. The largest absolute Gasteiger partial charge is 0.495 e.